The van der Waals surface area contributed by atoms with E-state index in [4.69, 9.17) is 27.9 Å². The molecule has 7 nitrogen and oxygen atoms in total. The lowest BCUT2D eigenvalue weighted by Gasteiger charge is -2.25. The van der Waals surface area contributed by atoms with E-state index in [2.05, 4.69) is 4.72 Å². The van der Waals surface area contributed by atoms with Gasteiger partial charge in [0, 0.05) is 19.6 Å². The van der Waals surface area contributed by atoms with Crippen LogP contribution in [-0.2, 0) is 25.8 Å². The van der Waals surface area contributed by atoms with Crippen molar-refractivity contribution in [1.82, 2.24) is 9.03 Å². The van der Waals surface area contributed by atoms with Gasteiger partial charge in [-0.1, -0.05) is 35.7 Å². The highest BCUT2D eigenvalue weighted by molar-refractivity contribution is 7.89. The SMILES string of the molecule is O=S(=O)(Cc1ccc(Cl)c(Cl)c1)NCCOc1ccc(S(=O)(=O)N2CCCCC2)cc1. The third-order valence-electron chi connectivity index (χ3n) is 4.81. The van der Waals surface area contributed by atoms with Gasteiger partial charge in [0.05, 0.1) is 20.7 Å². The number of piperidine rings is 1. The molecule has 1 saturated heterocycles. The lowest BCUT2D eigenvalue weighted by molar-refractivity contribution is 0.322. The molecule has 1 aliphatic heterocycles. The Morgan fingerprint density at radius 1 is 0.903 bits per heavy atom. The van der Waals surface area contributed by atoms with Crippen molar-refractivity contribution in [2.45, 2.75) is 29.9 Å². The van der Waals surface area contributed by atoms with Gasteiger partial charge in [-0.2, -0.15) is 4.31 Å². The first kappa shape index (κ1) is 24.3. The van der Waals surface area contributed by atoms with E-state index in [1.807, 2.05) is 0 Å². The predicted molar refractivity (Wildman–Crippen MR) is 122 cm³/mol. The molecule has 0 amide bonds. The Morgan fingerprint density at radius 3 is 2.23 bits per heavy atom. The monoisotopic (exact) mass is 506 g/mol. The molecule has 0 atom stereocenters. The zero-order valence-corrected chi connectivity index (χ0v) is 19.9. The Hall–Kier alpha value is -1.36. The van der Waals surface area contributed by atoms with Crippen molar-refractivity contribution in [3.63, 3.8) is 0 Å². The van der Waals surface area contributed by atoms with Gasteiger partial charge in [0.15, 0.2) is 0 Å². The molecule has 11 heteroatoms. The van der Waals surface area contributed by atoms with Crippen LogP contribution in [0, 0.1) is 0 Å². The van der Waals surface area contributed by atoms with Gasteiger partial charge in [0.1, 0.15) is 12.4 Å². The van der Waals surface area contributed by atoms with Crippen LogP contribution >= 0.6 is 23.2 Å². The topological polar surface area (TPSA) is 92.8 Å². The summed E-state index contributed by atoms with van der Waals surface area (Å²) in [6.45, 7) is 1.25. The molecule has 0 unspecified atom stereocenters. The number of benzene rings is 2. The molecular weight excluding hydrogens is 483 g/mol. The van der Waals surface area contributed by atoms with Crippen molar-refractivity contribution in [1.29, 1.82) is 0 Å². The summed E-state index contributed by atoms with van der Waals surface area (Å²) in [7, 11) is -7.06. The second-order valence-corrected chi connectivity index (χ2v) is 11.7. The molecule has 0 spiro atoms. The molecule has 1 heterocycles. The third-order valence-corrected chi connectivity index (χ3v) is 8.82. The maximum Gasteiger partial charge on any atom is 0.243 e. The standard InChI is InChI=1S/C20H24Cl2N2O5S2/c21-19-9-4-16(14-20(19)22)15-30(25,26)23-10-13-29-17-5-7-18(8-6-17)31(27,28)24-11-2-1-3-12-24/h4-9,14,23H,1-3,10-13,15H2. The van der Waals surface area contributed by atoms with E-state index in [9.17, 15) is 16.8 Å². The van der Waals surface area contributed by atoms with E-state index >= 15 is 0 Å². The smallest absolute Gasteiger partial charge is 0.243 e. The first-order chi connectivity index (χ1) is 14.7. The molecule has 1 fully saturated rings. The Morgan fingerprint density at radius 2 is 1.58 bits per heavy atom. The van der Waals surface area contributed by atoms with Gasteiger partial charge < -0.3 is 4.74 Å². The summed E-state index contributed by atoms with van der Waals surface area (Å²) in [6.07, 6.45) is 2.80. The van der Waals surface area contributed by atoms with E-state index in [-0.39, 0.29) is 23.8 Å². The summed E-state index contributed by atoms with van der Waals surface area (Å²) in [6, 6.07) is 10.8. The number of nitrogens with one attached hydrogen (secondary N) is 1. The lowest BCUT2D eigenvalue weighted by Crippen LogP contribution is -2.35. The summed E-state index contributed by atoms with van der Waals surface area (Å²) in [4.78, 5) is 0.226. The molecule has 0 bridgehead atoms. The van der Waals surface area contributed by atoms with Crippen molar-refractivity contribution < 1.29 is 21.6 Å². The van der Waals surface area contributed by atoms with E-state index < -0.39 is 20.0 Å². The average molecular weight is 507 g/mol. The quantitative estimate of drug-likeness (QED) is 0.523. The minimum atomic E-state index is -3.57. The van der Waals surface area contributed by atoms with Gasteiger partial charge in [-0.3, -0.25) is 0 Å². The number of halogens is 2. The van der Waals surface area contributed by atoms with Crippen LogP contribution in [0.1, 0.15) is 24.8 Å². The minimum absolute atomic E-state index is 0.0669. The first-order valence-corrected chi connectivity index (χ1v) is 13.7. The zero-order valence-electron chi connectivity index (χ0n) is 16.8. The van der Waals surface area contributed by atoms with Crippen molar-refractivity contribution in [2.24, 2.45) is 0 Å². The van der Waals surface area contributed by atoms with Gasteiger partial charge in [0.2, 0.25) is 20.0 Å². The highest BCUT2D eigenvalue weighted by atomic mass is 35.5. The molecule has 0 saturated carbocycles. The van der Waals surface area contributed by atoms with Crippen LogP contribution in [0.4, 0.5) is 0 Å². The highest BCUT2D eigenvalue weighted by Gasteiger charge is 2.25. The molecule has 0 radical (unpaired) electrons. The number of nitrogens with zero attached hydrogens (tertiary/aromatic N) is 1. The lowest BCUT2D eigenvalue weighted by atomic mass is 10.2. The van der Waals surface area contributed by atoms with Crippen LogP contribution in [0.3, 0.4) is 0 Å². The maximum atomic E-state index is 12.7. The van der Waals surface area contributed by atoms with E-state index in [0.717, 1.165) is 19.3 Å². The molecule has 2 aromatic rings. The molecule has 1 aliphatic rings. The van der Waals surface area contributed by atoms with Gasteiger partial charge in [-0.05, 0) is 54.8 Å². The zero-order chi connectivity index (χ0) is 22.5. The second kappa shape index (κ2) is 10.5. The summed E-state index contributed by atoms with van der Waals surface area (Å²) in [5, 5.41) is 0.655. The first-order valence-electron chi connectivity index (χ1n) is 9.82. The summed E-state index contributed by atoms with van der Waals surface area (Å²) < 4.78 is 59.2. The summed E-state index contributed by atoms with van der Waals surface area (Å²) in [5.74, 6) is 0.230. The Bertz CT molecular complexity index is 1100. The summed E-state index contributed by atoms with van der Waals surface area (Å²) in [5.41, 5.74) is 0.522. The Balaban J connectivity index is 1.48. The van der Waals surface area contributed by atoms with Crippen molar-refractivity contribution in [3.8, 4) is 5.75 Å². The molecule has 2 aromatic carbocycles. The minimum Gasteiger partial charge on any atom is -0.492 e. The van der Waals surface area contributed by atoms with Crippen LogP contribution in [0.5, 0.6) is 5.75 Å². The van der Waals surface area contributed by atoms with Crippen molar-refractivity contribution in [2.75, 3.05) is 26.2 Å². The van der Waals surface area contributed by atoms with Crippen LogP contribution in [0.15, 0.2) is 47.4 Å². The van der Waals surface area contributed by atoms with Crippen LogP contribution in [0.25, 0.3) is 0 Å². The number of hydrogen-bond donors (Lipinski definition) is 1. The molecule has 1 N–H and O–H groups in total. The van der Waals surface area contributed by atoms with Gasteiger partial charge in [0.25, 0.3) is 0 Å². The second-order valence-electron chi connectivity index (χ2n) is 7.19. The summed E-state index contributed by atoms with van der Waals surface area (Å²) >= 11 is 11.8. The van der Waals surface area contributed by atoms with Crippen LogP contribution < -0.4 is 9.46 Å². The number of hydrogen-bond acceptors (Lipinski definition) is 5. The number of ether oxygens (including phenoxy) is 1. The van der Waals surface area contributed by atoms with Gasteiger partial charge in [-0.15, -0.1) is 0 Å². The normalized spacial score (nSPS) is 15.7. The predicted octanol–water partition coefficient (Wildman–Crippen LogP) is 3.67. The molecule has 31 heavy (non-hydrogen) atoms. The molecular formula is C20H24Cl2N2O5S2. The van der Waals surface area contributed by atoms with E-state index in [1.54, 1.807) is 24.3 Å². The fourth-order valence-corrected chi connectivity index (χ4v) is 6.18. The molecule has 3 rings (SSSR count). The molecule has 0 aliphatic carbocycles. The van der Waals surface area contributed by atoms with E-state index in [1.165, 1.54) is 22.5 Å². The largest absolute Gasteiger partial charge is 0.492 e. The maximum absolute atomic E-state index is 12.7. The Kier molecular flexibility index (Phi) is 8.23. The van der Waals surface area contributed by atoms with Gasteiger partial charge >= 0.3 is 0 Å². The molecule has 0 aromatic heterocycles. The van der Waals surface area contributed by atoms with Crippen LogP contribution in [0.2, 0.25) is 10.0 Å². The van der Waals surface area contributed by atoms with Crippen molar-refractivity contribution in [3.05, 3.63) is 58.1 Å². The number of sulfonamides is 2. The van der Waals surface area contributed by atoms with Crippen LogP contribution in [-0.4, -0.2) is 47.4 Å². The fraction of sp³-hybridized carbons (Fsp3) is 0.400. The fourth-order valence-electron chi connectivity index (χ4n) is 3.23. The highest BCUT2D eigenvalue weighted by Crippen LogP contribution is 2.24. The van der Waals surface area contributed by atoms with E-state index in [0.29, 0.717) is 34.4 Å². The van der Waals surface area contributed by atoms with Crippen molar-refractivity contribution >= 4 is 43.2 Å². The number of rotatable bonds is 9. The third kappa shape index (κ3) is 6.81. The Labute approximate surface area is 193 Å². The average Bonchev–Trinajstić information content (AvgIpc) is 2.75. The molecule has 170 valence electrons. The van der Waals surface area contributed by atoms with Gasteiger partial charge in [-0.25, -0.2) is 21.6 Å².